The number of hydrogen-bond acceptors (Lipinski definition) is 8. The lowest BCUT2D eigenvalue weighted by Gasteiger charge is -2.20. The molecular formula is C45H80NO9P. The van der Waals surface area contributed by atoms with Gasteiger partial charge in [0.15, 0.2) is 0 Å². The molecule has 0 saturated heterocycles. The van der Waals surface area contributed by atoms with Crippen LogP contribution in [0.1, 0.15) is 174 Å². The molecule has 56 heavy (non-hydrogen) atoms. The third-order valence-corrected chi connectivity index (χ3v) is 9.98. The van der Waals surface area contributed by atoms with Gasteiger partial charge in [-0.05, 0) is 77.0 Å². The highest BCUT2D eigenvalue weighted by atomic mass is 31.2. The maximum atomic E-state index is 12.6. The minimum atomic E-state index is -4.63. The number of allylic oxidation sites excluding steroid dienone is 10. The number of ether oxygens (including phenoxy) is 2. The van der Waals surface area contributed by atoms with E-state index in [1.165, 1.54) is 51.4 Å². The number of carboxylic acid groups (broad SMARTS) is 1. The summed E-state index contributed by atoms with van der Waals surface area (Å²) in [5.41, 5.74) is 5.35. The molecule has 0 aromatic rings. The van der Waals surface area contributed by atoms with E-state index in [4.69, 9.17) is 29.4 Å². The Labute approximate surface area is 341 Å². The zero-order valence-corrected chi connectivity index (χ0v) is 36.1. The lowest BCUT2D eigenvalue weighted by Crippen LogP contribution is -2.34. The van der Waals surface area contributed by atoms with E-state index in [-0.39, 0.29) is 13.0 Å². The fourth-order valence-electron chi connectivity index (χ4n) is 5.65. The number of aliphatic carboxylic acids is 1. The van der Waals surface area contributed by atoms with E-state index >= 15 is 0 Å². The quantitative estimate of drug-likeness (QED) is 0.0235. The van der Waals surface area contributed by atoms with Gasteiger partial charge in [0.1, 0.15) is 12.1 Å². The summed E-state index contributed by atoms with van der Waals surface area (Å²) in [4.78, 5) is 33.5. The summed E-state index contributed by atoms with van der Waals surface area (Å²) < 4.78 is 33.3. The number of rotatable bonds is 41. The Kier molecular flexibility index (Phi) is 39.2. The summed E-state index contributed by atoms with van der Waals surface area (Å²) in [7, 11) is -4.63. The van der Waals surface area contributed by atoms with E-state index in [1.807, 2.05) is 0 Å². The first-order valence-electron chi connectivity index (χ1n) is 21.8. The van der Waals surface area contributed by atoms with Crippen molar-refractivity contribution in [3.05, 3.63) is 60.8 Å². The monoisotopic (exact) mass is 810 g/mol. The maximum absolute atomic E-state index is 12.6. The predicted molar refractivity (Wildman–Crippen MR) is 231 cm³/mol. The number of phosphoric ester groups is 1. The van der Waals surface area contributed by atoms with Crippen LogP contribution in [0.25, 0.3) is 0 Å². The molecule has 0 aliphatic carbocycles. The third-order valence-electron chi connectivity index (χ3n) is 9.03. The average molecular weight is 810 g/mol. The van der Waals surface area contributed by atoms with Crippen LogP contribution in [0, 0.1) is 0 Å². The lowest BCUT2D eigenvalue weighted by atomic mass is 10.1. The van der Waals surface area contributed by atoms with Gasteiger partial charge in [0.25, 0.3) is 0 Å². The van der Waals surface area contributed by atoms with Crippen LogP contribution in [-0.4, -0.2) is 60.5 Å². The van der Waals surface area contributed by atoms with E-state index in [9.17, 15) is 19.0 Å². The normalized spacial score (nSPS) is 14.5. The number of carbonyl (C=O) groups is 2. The van der Waals surface area contributed by atoms with Crippen LogP contribution in [0.2, 0.25) is 0 Å². The van der Waals surface area contributed by atoms with Crippen LogP contribution < -0.4 is 5.73 Å². The average Bonchev–Trinajstić information content (AvgIpc) is 3.18. The van der Waals surface area contributed by atoms with Crippen molar-refractivity contribution in [3.8, 4) is 0 Å². The summed E-state index contributed by atoms with van der Waals surface area (Å²) in [6.07, 6.45) is 48.4. The van der Waals surface area contributed by atoms with Gasteiger partial charge >= 0.3 is 19.8 Å². The first kappa shape index (κ1) is 53.7. The Morgan fingerprint density at radius 2 is 1.04 bits per heavy atom. The summed E-state index contributed by atoms with van der Waals surface area (Å²) in [5.74, 6) is -1.80. The smallest absolute Gasteiger partial charge is 0.472 e. The second kappa shape index (κ2) is 40.9. The van der Waals surface area contributed by atoms with Crippen molar-refractivity contribution in [2.24, 2.45) is 5.73 Å². The number of carbonyl (C=O) groups excluding carboxylic acids is 1. The van der Waals surface area contributed by atoms with E-state index in [2.05, 4.69) is 74.6 Å². The van der Waals surface area contributed by atoms with Crippen LogP contribution in [0.3, 0.4) is 0 Å². The molecule has 0 aromatic heterocycles. The summed E-state index contributed by atoms with van der Waals surface area (Å²) in [5, 5.41) is 8.89. The second-order valence-corrected chi connectivity index (χ2v) is 15.9. The minimum absolute atomic E-state index is 0.00130. The SMILES string of the molecule is CC/C=C\C/C=C\C/C=C\C/C=C\CCCCCCCOCC(COP(=O)(O)OCC(N)C(=O)O)OC(=O)CCCCCCC/C=C\CCCCCCCCC. The van der Waals surface area contributed by atoms with Gasteiger partial charge in [0.05, 0.1) is 19.8 Å². The molecule has 0 amide bonds. The van der Waals surface area contributed by atoms with Crippen LogP contribution >= 0.6 is 7.82 Å². The lowest BCUT2D eigenvalue weighted by molar-refractivity contribution is -0.154. The zero-order valence-electron chi connectivity index (χ0n) is 35.2. The highest BCUT2D eigenvalue weighted by Gasteiger charge is 2.27. The number of esters is 1. The molecule has 0 aliphatic heterocycles. The molecule has 0 aromatic carbocycles. The van der Waals surface area contributed by atoms with Crippen molar-refractivity contribution >= 4 is 19.8 Å². The highest BCUT2D eigenvalue weighted by Crippen LogP contribution is 2.43. The first-order valence-corrected chi connectivity index (χ1v) is 23.3. The van der Waals surface area contributed by atoms with E-state index < -0.39 is 45.1 Å². The summed E-state index contributed by atoms with van der Waals surface area (Å²) in [6.45, 7) is 3.70. The van der Waals surface area contributed by atoms with Gasteiger partial charge in [0.2, 0.25) is 0 Å². The fraction of sp³-hybridized carbons (Fsp3) is 0.733. The van der Waals surface area contributed by atoms with Gasteiger partial charge in [-0.25, -0.2) is 4.57 Å². The standard InChI is InChI=1S/C45H80NO9P/c1-3-5-7-9-11-13-15-17-19-21-22-24-26-28-30-32-34-36-38-52-39-42(40-53-56(50,51)54-41-43(46)45(48)49)55-44(47)37-35-33-31-29-27-25-23-20-18-16-14-12-10-8-6-4-2/h5,7,11,13,17,19-20,22-24,42-43H,3-4,6,8-10,12,14-16,18,21,25-41,46H2,1-2H3,(H,48,49)(H,50,51)/b7-5-,13-11-,19-17-,23-20-,24-22-. The zero-order chi connectivity index (χ0) is 41.2. The van der Waals surface area contributed by atoms with E-state index in [1.54, 1.807) is 0 Å². The summed E-state index contributed by atoms with van der Waals surface area (Å²) >= 11 is 0. The van der Waals surface area contributed by atoms with Crippen LogP contribution in [0.5, 0.6) is 0 Å². The van der Waals surface area contributed by atoms with Crippen LogP contribution in [-0.2, 0) is 32.7 Å². The third kappa shape index (κ3) is 39.9. The number of hydrogen-bond donors (Lipinski definition) is 3. The molecule has 0 radical (unpaired) electrons. The number of nitrogens with two attached hydrogens (primary N) is 1. The molecule has 10 nitrogen and oxygen atoms in total. The Morgan fingerprint density at radius 3 is 1.57 bits per heavy atom. The number of carboxylic acids is 1. The van der Waals surface area contributed by atoms with Crippen molar-refractivity contribution in [2.75, 3.05) is 26.4 Å². The molecular weight excluding hydrogens is 729 g/mol. The van der Waals surface area contributed by atoms with Gasteiger partial charge in [-0.2, -0.15) is 0 Å². The molecule has 4 N–H and O–H groups in total. The van der Waals surface area contributed by atoms with Gasteiger partial charge in [-0.3, -0.25) is 18.6 Å². The second-order valence-electron chi connectivity index (χ2n) is 14.4. The molecule has 3 unspecified atom stereocenters. The van der Waals surface area contributed by atoms with Gasteiger partial charge in [0, 0.05) is 13.0 Å². The van der Waals surface area contributed by atoms with E-state index in [0.29, 0.717) is 13.0 Å². The maximum Gasteiger partial charge on any atom is 0.472 e. The molecule has 0 aliphatic rings. The predicted octanol–water partition coefficient (Wildman–Crippen LogP) is 12.0. The van der Waals surface area contributed by atoms with Crippen molar-refractivity contribution in [1.82, 2.24) is 0 Å². The van der Waals surface area contributed by atoms with Crippen molar-refractivity contribution in [3.63, 3.8) is 0 Å². The molecule has 0 rings (SSSR count). The summed E-state index contributed by atoms with van der Waals surface area (Å²) in [6, 6.07) is -1.48. The molecule has 0 bridgehead atoms. The molecule has 324 valence electrons. The van der Waals surface area contributed by atoms with Crippen LogP contribution in [0.4, 0.5) is 0 Å². The molecule has 0 heterocycles. The molecule has 0 spiro atoms. The Bertz CT molecular complexity index is 1120. The molecule has 3 atom stereocenters. The first-order chi connectivity index (χ1) is 27.2. The molecule has 0 fully saturated rings. The van der Waals surface area contributed by atoms with Gasteiger partial charge in [-0.15, -0.1) is 0 Å². The van der Waals surface area contributed by atoms with Crippen LogP contribution in [0.15, 0.2) is 60.8 Å². The molecule has 0 saturated carbocycles. The topological polar surface area (TPSA) is 155 Å². The van der Waals surface area contributed by atoms with Crippen molar-refractivity contribution in [1.29, 1.82) is 0 Å². The fourth-order valence-corrected chi connectivity index (χ4v) is 6.43. The van der Waals surface area contributed by atoms with Gasteiger partial charge < -0.3 is 25.2 Å². The van der Waals surface area contributed by atoms with Gasteiger partial charge in [-0.1, -0.05) is 152 Å². The number of phosphoric acid groups is 1. The number of unbranched alkanes of at least 4 members (excludes halogenated alkanes) is 17. The Hall–Kier alpha value is -2.33. The Morgan fingerprint density at radius 1 is 0.589 bits per heavy atom. The largest absolute Gasteiger partial charge is 0.480 e. The Balaban J connectivity index is 4.30. The van der Waals surface area contributed by atoms with Crippen molar-refractivity contribution in [2.45, 2.75) is 187 Å². The highest BCUT2D eigenvalue weighted by molar-refractivity contribution is 7.47. The minimum Gasteiger partial charge on any atom is -0.480 e. The molecule has 11 heteroatoms. The van der Waals surface area contributed by atoms with E-state index in [0.717, 1.165) is 96.3 Å². The van der Waals surface area contributed by atoms with Crippen molar-refractivity contribution < 1.29 is 42.7 Å².